The van der Waals surface area contributed by atoms with Gasteiger partial charge in [-0.15, -0.1) is 20.5 Å². The molecule has 0 heterocycles. The van der Waals surface area contributed by atoms with Gasteiger partial charge in [0, 0.05) is 29.3 Å². The minimum atomic E-state index is -4.84. The molecule has 0 aliphatic carbocycles. The summed E-state index contributed by atoms with van der Waals surface area (Å²) in [5.74, 6) is 0.0837. The highest BCUT2D eigenvalue weighted by atomic mass is 32.2. The SMILES string of the molecule is COc1cc(O)ccc1N=Nc1cc(OCCOC(C)C)c(N=Nc2c(S(=O)(=O)O)cc3cc(N)ccc3c2O)cc1OC. The molecule has 4 aromatic rings. The lowest BCUT2D eigenvalue weighted by molar-refractivity contribution is 0.0554. The number of ether oxygens (including phenoxy) is 4. The largest absolute Gasteiger partial charge is 0.508 e. The van der Waals surface area contributed by atoms with Crippen LogP contribution in [-0.2, 0) is 14.9 Å². The number of hydrogen-bond acceptors (Lipinski definition) is 13. The highest BCUT2D eigenvalue weighted by molar-refractivity contribution is 7.86. The van der Waals surface area contributed by atoms with E-state index in [1.54, 1.807) is 0 Å². The van der Waals surface area contributed by atoms with Crippen LogP contribution in [0.4, 0.5) is 28.4 Å². The van der Waals surface area contributed by atoms with E-state index in [9.17, 15) is 23.2 Å². The van der Waals surface area contributed by atoms with Crippen LogP contribution in [0.1, 0.15) is 13.8 Å². The lowest BCUT2D eigenvalue weighted by Crippen LogP contribution is -2.11. The highest BCUT2D eigenvalue weighted by Crippen LogP contribution is 2.45. The maximum Gasteiger partial charge on any atom is 0.296 e. The number of azo groups is 2. The number of phenols is 2. The molecular formula is C29H31N5O9S. The fourth-order valence-electron chi connectivity index (χ4n) is 4.03. The van der Waals surface area contributed by atoms with Gasteiger partial charge in [0.05, 0.1) is 26.9 Å². The Hall–Kier alpha value is -4.99. The summed E-state index contributed by atoms with van der Waals surface area (Å²) in [5.41, 5.74) is 6.26. The minimum absolute atomic E-state index is 0.00821. The molecular weight excluding hydrogens is 594 g/mol. The van der Waals surface area contributed by atoms with Gasteiger partial charge in [-0.1, -0.05) is 0 Å². The van der Waals surface area contributed by atoms with Crippen molar-refractivity contribution in [1.82, 2.24) is 0 Å². The average Bonchev–Trinajstić information content (AvgIpc) is 2.97. The Labute approximate surface area is 253 Å². The van der Waals surface area contributed by atoms with E-state index in [0.29, 0.717) is 11.4 Å². The van der Waals surface area contributed by atoms with E-state index in [1.165, 1.54) is 62.8 Å². The lowest BCUT2D eigenvalue weighted by Gasteiger charge is -2.13. The number of phenolic OH excluding ortho intramolecular Hbond substituents is 2. The zero-order chi connectivity index (χ0) is 32.0. The zero-order valence-corrected chi connectivity index (χ0v) is 25.1. The third-order valence-electron chi connectivity index (χ3n) is 6.09. The Morgan fingerprint density at radius 1 is 0.795 bits per heavy atom. The second kappa shape index (κ2) is 13.5. The number of nitrogen functional groups attached to an aromatic ring is 1. The van der Waals surface area contributed by atoms with E-state index in [2.05, 4.69) is 20.5 Å². The topological polar surface area (TPSA) is 207 Å². The van der Waals surface area contributed by atoms with Crippen molar-refractivity contribution in [2.45, 2.75) is 24.8 Å². The van der Waals surface area contributed by atoms with Gasteiger partial charge >= 0.3 is 0 Å². The fourth-order valence-corrected chi connectivity index (χ4v) is 4.69. The van der Waals surface area contributed by atoms with Crippen molar-refractivity contribution in [3.63, 3.8) is 0 Å². The normalized spacial score (nSPS) is 12.0. The summed E-state index contributed by atoms with van der Waals surface area (Å²) in [6.07, 6.45) is -0.0386. The molecule has 0 atom stereocenters. The van der Waals surface area contributed by atoms with Crippen molar-refractivity contribution in [1.29, 1.82) is 0 Å². The Morgan fingerprint density at radius 3 is 2.11 bits per heavy atom. The summed E-state index contributed by atoms with van der Waals surface area (Å²) < 4.78 is 56.6. The van der Waals surface area contributed by atoms with Gasteiger partial charge in [0.2, 0.25) is 0 Å². The number of fused-ring (bicyclic) bond motifs is 1. The number of anilines is 1. The van der Waals surface area contributed by atoms with Gasteiger partial charge in [0.1, 0.15) is 57.2 Å². The van der Waals surface area contributed by atoms with Gasteiger partial charge in [-0.3, -0.25) is 4.55 Å². The zero-order valence-electron chi connectivity index (χ0n) is 24.3. The molecule has 0 fully saturated rings. The first-order valence-electron chi connectivity index (χ1n) is 13.1. The van der Waals surface area contributed by atoms with E-state index in [0.717, 1.165) is 6.07 Å². The standard InChI is InChI=1S/C29H31N5O9S/c1-16(2)42-9-10-43-26-15-22(32-31-21-8-6-19(35)13-24(21)40-3)25(41-4)14-23(26)33-34-28-27(44(37,38)39)12-17-11-18(30)5-7-20(17)29(28)36/h5-8,11-16,35-36H,9-10,30H2,1-4H3,(H,37,38,39). The lowest BCUT2D eigenvalue weighted by atomic mass is 10.1. The quantitative estimate of drug-likeness (QED) is 0.0564. The number of hydrogen-bond donors (Lipinski definition) is 4. The van der Waals surface area contributed by atoms with E-state index in [1.807, 2.05) is 13.8 Å². The highest BCUT2D eigenvalue weighted by Gasteiger charge is 2.22. The summed E-state index contributed by atoms with van der Waals surface area (Å²) in [4.78, 5) is -0.676. The van der Waals surface area contributed by atoms with Crippen molar-refractivity contribution < 1.29 is 42.1 Å². The van der Waals surface area contributed by atoms with Crippen LogP contribution in [0.5, 0.6) is 28.7 Å². The third-order valence-corrected chi connectivity index (χ3v) is 6.96. The molecule has 0 aromatic heterocycles. The summed E-state index contributed by atoms with van der Waals surface area (Å²) >= 11 is 0. The van der Waals surface area contributed by atoms with Crippen LogP contribution in [0.15, 0.2) is 79.9 Å². The Bertz CT molecular complexity index is 1840. The first kappa shape index (κ1) is 31.9. The molecule has 0 radical (unpaired) electrons. The molecule has 5 N–H and O–H groups in total. The molecule has 44 heavy (non-hydrogen) atoms. The molecule has 0 spiro atoms. The Kier molecular flexibility index (Phi) is 9.83. The van der Waals surface area contributed by atoms with Crippen LogP contribution in [0.2, 0.25) is 0 Å². The molecule has 14 nitrogen and oxygen atoms in total. The number of nitrogens with zero attached hydrogens (tertiary/aromatic N) is 4. The molecule has 0 aliphatic rings. The summed E-state index contributed by atoms with van der Waals surface area (Å²) in [7, 11) is -2.02. The van der Waals surface area contributed by atoms with E-state index in [-0.39, 0.29) is 64.5 Å². The summed E-state index contributed by atoms with van der Waals surface area (Å²) in [6, 6.07) is 12.8. The molecule has 0 saturated heterocycles. The molecule has 0 amide bonds. The minimum Gasteiger partial charge on any atom is -0.508 e. The smallest absolute Gasteiger partial charge is 0.296 e. The Balaban J connectivity index is 1.82. The third kappa shape index (κ3) is 7.50. The maximum atomic E-state index is 12.2. The summed E-state index contributed by atoms with van der Waals surface area (Å²) in [5, 5.41) is 37.8. The van der Waals surface area contributed by atoms with Crippen molar-refractivity contribution in [3.05, 3.63) is 54.6 Å². The van der Waals surface area contributed by atoms with Crippen molar-refractivity contribution in [3.8, 4) is 28.7 Å². The number of methoxy groups -OCH3 is 2. The van der Waals surface area contributed by atoms with Crippen molar-refractivity contribution in [2.24, 2.45) is 20.5 Å². The van der Waals surface area contributed by atoms with Crippen LogP contribution in [0, 0.1) is 0 Å². The van der Waals surface area contributed by atoms with E-state index in [4.69, 9.17) is 24.7 Å². The average molecular weight is 626 g/mol. The second-order valence-electron chi connectivity index (χ2n) is 9.54. The van der Waals surface area contributed by atoms with Crippen molar-refractivity contribution in [2.75, 3.05) is 33.2 Å². The predicted octanol–water partition coefficient (Wildman–Crippen LogP) is 6.73. The number of aromatic hydroxyl groups is 2. The number of rotatable bonds is 12. The van der Waals surface area contributed by atoms with Crippen LogP contribution in [0.3, 0.4) is 0 Å². The number of nitrogens with two attached hydrogens (primary N) is 1. The van der Waals surface area contributed by atoms with E-state index < -0.39 is 26.5 Å². The molecule has 232 valence electrons. The molecule has 0 saturated carbocycles. The van der Waals surface area contributed by atoms with Crippen LogP contribution < -0.4 is 19.9 Å². The molecule has 0 unspecified atom stereocenters. The van der Waals surface area contributed by atoms with Gasteiger partial charge < -0.3 is 34.9 Å². The van der Waals surface area contributed by atoms with Gasteiger partial charge in [0.25, 0.3) is 10.1 Å². The van der Waals surface area contributed by atoms with Gasteiger partial charge in [-0.05, 0) is 55.6 Å². The van der Waals surface area contributed by atoms with Gasteiger partial charge in [0.15, 0.2) is 5.75 Å². The predicted molar refractivity (Wildman–Crippen MR) is 162 cm³/mol. The Morgan fingerprint density at radius 2 is 1.43 bits per heavy atom. The molecule has 4 rings (SSSR count). The summed E-state index contributed by atoms with van der Waals surface area (Å²) in [6.45, 7) is 4.10. The first-order chi connectivity index (χ1) is 20.9. The maximum absolute atomic E-state index is 12.2. The van der Waals surface area contributed by atoms with Crippen molar-refractivity contribution >= 4 is 49.3 Å². The van der Waals surface area contributed by atoms with Crippen LogP contribution in [0.25, 0.3) is 10.8 Å². The fraction of sp³-hybridized carbons (Fsp3) is 0.241. The van der Waals surface area contributed by atoms with Gasteiger partial charge in [-0.25, -0.2) is 0 Å². The molecule has 0 bridgehead atoms. The molecule has 15 heteroatoms. The molecule has 4 aromatic carbocycles. The first-order valence-corrected chi connectivity index (χ1v) is 14.5. The molecule has 0 aliphatic heterocycles. The van der Waals surface area contributed by atoms with Crippen LogP contribution >= 0.6 is 0 Å². The van der Waals surface area contributed by atoms with E-state index >= 15 is 0 Å². The van der Waals surface area contributed by atoms with Gasteiger partial charge in [-0.2, -0.15) is 8.42 Å². The monoisotopic (exact) mass is 625 g/mol. The second-order valence-corrected chi connectivity index (χ2v) is 10.9. The number of benzene rings is 4. The van der Waals surface area contributed by atoms with Crippen LogP contribution in [-0.4, -0.2) is 56.7 Å².